The van der Waals surface area contributed by atoms with Crippen LogP contribution in [0.1, 0.15) is 54.0 Å². The highest BCUT2D eigenvalue weighted by atomic mass is 35.5. The molecule has 1 atom stereocenters. The Morgan fingerprint density at radius 3 is 2.52 bits per heavy atom. The van der Waals surface area contributed by atoms with Gasteiger partial charge in [-0.2, -0.15) is 18.3 Å². The van der Waals surface area contributed by atoms with Gasteiger partial charge in [-0.3, -0.25) is 4.79 Å². The van der Waals surface area contributed by atoms with Crippen LogP contribution < -0.4 is 4.74 Å². The second-order valence-corrected chi connectivity index (χ2v) is 8.29. The van der Waals surface area contributed by atoms with Gasteiger partial charge < -0.3 is 14.7 Å². The van der Waals surface area contributed by atoms with Crippen LogP contribution in [0.25, 0.3) is 16.9 Å². The van der Waals surface area contributed by atoms with E-state index in [9.17, 15) is 23.1 Å². The minimum atomic E-state index is -4.78. The summed E-state index contributed by atoms with van der Waals surface area (Å²) in [6, 6.07) is 5.43. The first-order valence-electron chi connectivity index (χ1n) is 10.4. The molecule has 0 spiro atoms. The summed E-state index contributed by atoms with van der Waals surface area (Å²) in [4.78, 5) is 18.8. The van der Waals surface area contributed by atoms with Gasteiger partial charge in [-0.1, -0.05) is 11.6 Å². The van der Waals surface area contributed by atoms with Gasteiger partial charge in [0.1, 0.15) is 10.8 Å². The molecule has 7 nitrogen and oxygen atoms in total. The Morgan fingerprint density at radius 2 is 1.91 bits per heavy atom. The molecule has 1 unspecified atom stereocenters. The summed E-state index contributed by atoms with van der Waals surface area (Å²) in [6.45, 7) is 2.52. The maximum Gasteiger partial charge on any atom is 0.433 e. The van der Waals surface area contributed by atoms with E-state index < -0.39 is 23.9 Å². The lowest BCUT2D eigenvalue weighted by atomic mass is 10.0. The number of alkyl halides is 3. The number of piperidine rings is 1. The molecule has 1 aromatic carbocycles. The van der Waals surface area contributed by atoms with Crippen LogP contribution in [-0.4, -0.2) is 50.7 Å². The van der Waals surface area contributed by atoms with Crippen molar-refractivity contribution in [2.75, 3.05) is 20.2 Å². The zero-order chi connectivity index (χ0) is 23.9. The van der Waals surface area contributed by atoms with Crippen LogP contribution in [-0.2, 0) is 6.18 Å². The number of ether oxygens (including phenoxy) is 1. The van der Waals surface area contributed by atoms with Gasteiger partial charge in [-0.15, -0.1) is 0 Å². The Morgan fingerprint density at radius 1 is 1.21 bits per heavy atom. The third-order valence-electron chi connectivity index (χ3n) is 5.64. The summed E-state index contributed by atoms with van der Waals surface area (Å²) in [5.41, 5.74) is -0.953. The van der Waals surface area contributed by atoms with E-state index in [0.29, 0.717) is 34.5 Å². The number of aromatic nitrogens is 3. The molecule has 1 aliphatic heterocycles. The molecule has 0 aliphatic carbocycles. The van der Waals surface area contributed by atoms with Crippen LogP contribution in [0.2, 0.25) is 5.02 Å². The van der Waals surface area contributed by atoms with Gasteiger partial charge in [0.2, 0.25) is 0 Å². The number of benzene rings is 1. The van der Waals surface area contributed by atoms with E-state index in [1.807, 2.05) is 0 Å². The van der Waals surface area contributed by atoms with E-state index in [4.69, 9.17) is 16.3 Å². The predicted octanol–water partition coefficient (Wildman–Crippen LogP) is 4.76. The molecule has 0 radical (unpaired) electrons. The quantitative estimate of drug-likeness (QED) is 0.580. The fraction of sp³-hybridized carbons (Fsp3) is 0.409. The van der Waals surface area contributed by atoms with Crippen molar-refractivity contribution in [3.8, 4) is 17.0 Å². The van der Waals surface area contributed by atoms with Crippen molar-refractivity contribution in [3.05, 3.63) is 46.2 Å². The third kappa shape index (κ3) is 4.37. The molecule has 33 heavy (non-hydrogen) atoms. The second-order valence-electron chi connectivity index (χ2n) is 7.91. The lowest BCUT2D eigenvalue weighted by Crippen LogP contribution is -2.36. The maximum absolute atomic E-state index is 13.9. The summed E-state index contributed by atoms with van der Waals surface area (Å²) in [5.74, 6) is -0.122. The highest BCUT2D eigenvalue weighted by Crippen LogP contribution is 2.36. The summed E-state index contributed by atoms with van der Waals surface area (Å²) in [5, 5.41) is 13.7. The lowest BCUT2D eigenvalue weighted by molar-refractivity contribution is -0.142. The SMILES string of the molecule is COc1ccc(-c2cc(C(F)(F)F)n3nc(C(=O)N4CCCCC4)c(Cl)c3n2)cc1C(C)O. The molecule has 4 rings (SSSR count). The number of aliphatic hydroxyl groups is 1. The van der Waals surface area contributed by atoms with E-state index in [1.165, 1.54) is 26.2 Å². The Bertz CT molecular complexity index is 1200. The number of likely N-dealkylation sites (tertiary alicyclic amines) is 1. The van der Waals surface area contributed by atoms with Gasteiger partial charge in [0.25, 0.3) is 5.91 Å². The van der Waals surface area contributed by atoms with E-state index in [2.05, 4.69) is 10.1 Å². The number of fused-ring (bicyclic) bond motifs is 1. The molecule has 3 heterocycles. The number of aliphatic hydroxyl groups excluding tert-OH is 1. The number of carbonyl (C=O) groups is 1. The molecule has 1 amide bonds. The van der Waals surface area contributed by atoms with E-state index >= 15 is 0 Å². The monoisotopic (exact) mass is 482 g/mol. The number of amides is 1. The van der Waals surface area contributed by atoms with E-state index in [1.54, 1.807) is 11.0 Å². The topological polar surface area (TPSA) is 80.0 Å². The number of rotatable bonds is 4. The summed E-state index contributed by atoms with van der Waals surface area (Å²) in [7, 11) is 1.43. The first kappa shape index (κ1) is 23.3. The Kier molecular flexibility index (Phi) is 6.24. The smallest absolute Gasteiger partial charge is 0.433 e. The summed E-state index contributed by atoms with van der Waals surface area (Å²) in [6.07, 6.45) is -3.08. The average Bonchev–Trinajstić information content (AvgIpc) is 3.13. The van der Waals surface area contributed by atoms with Crippen molar-refractivity contribution in [1.82, 2.24) is 19.5 Å². The van der Waals surface area contributed by atoms with Crippen LogP contribution >= 0.6 is 11.6 Å². The Balaban J connectivity index is 1.89. The standard InChI is InChI=1S/C22H22ClF3N4O3/c1-12(31)14-10-13(6-7-16(14)33-2)15-11-17(22(24,25)26)30-20(27-15)18(23)19(28-30)21(32)29-8-4-3-5-9-29/h6-7,10-12,31H,3-5,8-9H2,1-2H3. The van der Waals surface area contributed by atoms with Gasteiger partial charge in [0.05, 0.1) is 18.9 Å². The number of hydrogen-bond acceptors (Lipinski definition) is 5. The molecular weight excluding hydrogens is 461 g/mol. The molecule has 1 saturated heterocycles. The van der Waals surface area contributed by atoms with Crippen molar-refractivity contribution in [2.24, 2.45) is 0 Å². The van der Waals surface area contributed by atoms with Crippen molar-refractivity contribution in [2.45, 2.75) is 38.5 Å². The van der Waals surface area contributed by atoms with Crippen molar-refractivity contribution < 1.29 is 27.8 Å². The average molecular weight is 483 g/mol. The third-order valence-corrected chi connectivity index (χ3v) is 5.99. The van der Waals surface area contributed by atoms with Gasteiger partial charge in [0, 0.05) is 24.2 Å². The van der Waals surface area contributed by atoms with Gasteiger partial charge in [0.15, 0.2) is 17.0 Å². The molecule has 1 fully saturated rings. The highest BCUT2D eigenvalue weighted by molar-refractivity contribution is 6.36. The number of hydrogen-bond donors (Lipinski definition) is 1. The zero-order valence-electron chi connectivity index (χ0n) is 18.0. The molecule has 2 aromatic heterocycles. The molecule has 176 valence electrons. The minimum Gasteiger partial charge on any atom is -0.496 e. The number of carbonyl (C=O) groups excluding carboxylic acids is 1. The zero-order valence-corrected chi connectivity index (χ0v) is 18.7. The molecule has 0 bridgehead atoms. The molecule has 11 heteroatoms. The number of methoxy groups -OCH3 is 1. The van der Waals surface area contributed by atoms with Gasteiger partial charge >= 0.3 is 6.18 Å². The van der Waals surface area contributed by atoms with E-state index in [-0.39, 0.29) is 22.1 Å². The Hall–Kier alpha value is -2.85. The predicted molar refractivity (Wildman–Crippen MR) is 115 cm³/mol. The maximum atomic E-state index is 13.9. The molecule has 0 saturated carbocycles. The number of nitrogens with zero attached hydrogens (tertiary/aromatic N) is 4. The molecular formula is C22H22ClF3N4O3. The van der Waals surface area contributed by atoms with Crippen LogP contribution in [0.15, 0.2) is 24.3 Å². The fourth-order valence-electron chi connectivity index (χ4n) is 3.94. The summed E-state index contributed by atoms with van der Waals surface area (Å²) >= 11 is 6.36. The lowest BCUT2D eigenvalue weighted by Gasteiger charge is -2.25. The summed E-state index contributed by atoms with van der Waals surface area (Å²) < 4.78 is 47.6. The number of halogens is 4. The largest absolute Gasteiger partial charge is 0.496 e. The first-order valence-corrected chi connectivity index (χ1v) is 10.8. The second kappa shape index (κ2) is 8.83. The normalized spacial score (nSPS) is 15.7. The van der Waals surface area contributed by atoms with E-state index in [0.717, 1.165) is 25.3 Å². The molecule has 1 N–H and O–H groups in total. The van der Waals surface area contributed by atoms with Crippen LogP contribution in [0.3, 0.4) is 0 Å². The Labute approximate surface area is 192 Å². The van der Waals surface area contributed by atoms with Crippen molar-refractivity contribution >= 4 is 23.2 Å². The van der Waals surface area contributed by atoms with Crippen molar-refractivity contribution in [3.63, 3.8) is 0 Å². The van der Waals surface area contributed by atoms with Crippen molar-refractivity contribution in [1.29, 1.82) is 0 Å². The van der Waals surface area contributed by atoms with Crippen LogP contribution in [0, 0.1) is 0 Å². The molecule has 3 aromatic rings. The highest BCUT2D eigenvalue weighted by Gasteiger charge is 2.37. The van der Waals surface area contributed by atoms with Crippen LogP contribution in [0.5, 0.6) is 5.75 Å². The first-order chi connectivity index (χ1) is 15.6. The minimum absolute atomic E-state index is 0.0295. The van der Waals surface area contributed by atoms with Crippen LogP contribution in [0.4, 0.5) is 13.2 Å². The fourth-order valence-corrected chi connectivity index (χ4v) is 4.19. The molecule has 1 aliphatic rings. The van der Waals surface area contributed by atoms with Gasteiger partial charge in [-0.25, -0.2) is 9.50 Å². The van der Waals surface area contributed by atoms with Gasteiger partial charge in [-0.05, 0) is 50.5 Å².